The van der Waals surface area contributed by atoms with Crippen LogP contribution in [0.4, 0.5) is 0 Å². The predicted octanol–water partition coefficient (Wildman–Crippen LogP) is 2.07. The third-order valence-electron chi connectivity index (χ3n) is 4.72. The Morgan fingerprint density at radius 3 is 2.83 bits per heavy atom. The highest BCUT2D eigenvalue weighted by Crippen LogP contribution is 2.34. The largest absolute Gasteiger partial charge is 0.290 e. The molecule has 24 heavy (non-hydrogen) atoms. The van der Waals surface area contributed by atoms with Crippen LogP contribution in [0.25, 0.3) is 0 Å². The first-order valence-corrected chi connectivity index (χ1v) is 10.3. The second-order valence-corrected chi connectivity index (χ2v) is 8.48. The van der Waals surface area contributed by atoms with E-state index in [1.54, 1.807) is 0 Å². The van der Waals surface area contributed by atoms with Crippen molar-refractivity contribution < 1.29 is 8.42 Å². The molecule has 1 aliphatic rings. The van der Waals surface area contributed by atoms with E-state index in [0.717, 1.165) is 50.3 Å². The molecule has 7 nitrogen and oxygen atoms in total. The summed E-state index contributed by atoms with van der Waals surface area (Å²) in [6, 6.07) is 0.0513. The van der Waals surface area contributed by atoms with E-state index in [9.17, 15) is 8.42 Å². The highest BCUT2D eigenvalue weighted by atomic mass is 32.2. The van der Waals surface area contributed by atoms with Crippen molar-refractivity contribution in [3.05, 3.63) is 29.3 Å². The van der Waals surface area contributed by atoms with Crippen LogP contribution in [0.5, 0.6) is 0 Å². The highest BCUT2D eigenvalue weighted by molar-refractivity contribution is 7.90. The minimum absolute atomic E-state index is 0.0513. The molecule has 1 fully saturated rings. The maximum absolute atomic E-state index is 12.0. The maximum Gasteiger partial charge on any atom is 0.178 e. The zero-order valence-corrected chi connectivity index (χ0v) is 15.3. The molecule has 132 valence electrons. The summed E-state index contributed by atoms with van der Waals surface area (Å²) in [5.74, 6) is 0. The highest BCUT2D eigenvalue weighted by Gasteiger charge is 2.30. The van der Waals surface area contributed by atoms with Gasteiger partial charge in [0.05, 0.1) is 23.6 Å². The molecule has 0 spiro atoms. The quantitative estimate of drug-likeness (QED) is 0.891. The van der Waals surface area contributed by atoms with Crippen LogP contribution in [0, 0.1) is 6.92 Å². The number of nitrogens with zero attached hydrogens (tertiary/aromatic N) is 4. The van der Waals surface area contributed by atoms with E-state index in [2.05, 4.69) is 33.3 Å². The topological polar surface area (TPSA) is 83.9 Å². The Balaban J connectivity index is 1.89. The molecule has 0 radical (unpaired) electrons. The standard InChI is InChI=1S/C16H25N5O2S/c1-4-21-11-13(12(2)19-21)10-20-8-6-5-7-14(20)16-15(9-17-18-16)24(3,22)23/h9,11,14H,4-8,10H2,1-3H3,(H,17,18). The lowest BCUT2D eigenvalue weighted by molar-refractivity contribution is 0.135. The second-order valence-electron chi connectivity index (χ2n) is 6.50. The molecule has 8 heteroatoms. The van der Waals surface area contributed by atoms with Crippen LogP contribution in [0.15, 0.2) is 17.3 Å². The lowest BCUT2D eigenvalue weighted by Crippen LogP contribution is -2.34. The summed E-state index contributed by atoms with van der Waals surface area (Å²) in [6.07, 6.45) is 7.91. The summed E-state index contributed by atoms with van der Waals surface area (Å²) in [5, 5.41) is 11.4. The number of H-pyrrole nitrogens is 1. The lowest BCUT2D eigenvalue weighted by Gasteiger charge is -2.35. The molecule has 0 saturated carbocycles. The van der Waals surface area contributed by atoms with Crippen molar-refractivity contribution in [2.45, 2.75) is 57.1 Å². The number of rotatable bonds is 5. The van der Waals surface area contributed by atoms with Crippen molar-refractivity contribution >= 4 is 9.84 Å². The summed E-state index contributed by atoms with van der Waals surface area (Å²) in [6.45, 7) is 6.67. The van der Waals surface area contributed by atoms with Gasteiger partial charge in [-0.2, -0.15) is 10.2 Å². The molecule has 1 unspecified atom stereocenters. The van der Waals surface area contributed by atoms with E-state index >= 15 is 0 Å². The van der Waals surface area contributed by atoms with Crippen LogP contribution in [0.2, 0.25) is 0 Å². The average Bonchev–Trinajstić information content (AvgIpc) is 3.15. The first kappa shape index (κ1) is 17.2. The molecule has 2 aromatic rings. The Kier molecular flexibility index (Phi) is 4.78. The molecule has 0 aliphatic carbocycles. The zero-order chi connectivity index (χ0) is 17.3. The Morgan fingerprint density at radius 1 is 1.38 bits per heavy atom. The van der Waals surface area contributed by atoms with Gasteiger partial charge >= 0.3 is 0 Å². The summed E-state index contributed by atoms with van der Waals surface area (Å²) in [7, 11) is -3.28. The second kappa shape index (κ2) is 6.68. The molecule has 0 bridgehead atoms. The number of hydrogen-bond acceptors (Lipinski definition) is 5. The molecule has 3 rings (SSSR count). The smallest absolute Gasteiger partial charge is 0.178 e. The van der Waals surface area contributed by atoms with E-state index < -0.39 is 9.84 Å². The fourth-order valence-corrected chi connectivity index (χ4v) is 4.25. The minimum atomic E-state index is -3.28. The summed E-state index contributed by atoms with van der Waals surface area (Å²) < 4.78 is 26.0. The molecular weight excluding hydrogens is 326 g/mol. The SMILES string of the molecule is CCn1cc(CN2CCCCC2c2[nH]ncc2S(C)(=O)=O)c(C)n1. The Hall–Kier alpha value is -1.67. The fraction of sp³-hybridized carbons (Fsp3) is 0.625. The van der Waals surface area contributed by atoms with Crippen molar-refractivity contribution in [1.29, 1.82) is 0 Å². The van der Waals surface area contributed by atoms with Crippen molar-refractivity contribution in [1.82, 2.24) is 24.9 Å². The van der Waals surface area contributed by atoms with Crippen LogP contribution in [0.3, 0.4) is 0 Å². The number of hydrogen-bond donors (Lipinski definition) is 1. The van der Waals surface area contributed by atoms with Gasteiger partial charge in [0, 0.05) is 31.1 Å². The number of piperidine rings is 1. The van der Waals surface area contributed by atoms with Crippen molar-refractivity contribution in [2.75, 3.05) is 12.8 Å². The summed E-state index contributed by atoms with van der Waals surface area (Å²) in [4.78, 5) is 2.66. The molecule has 1 atom stereocenters. The summed E-state index contributed by atoms with van der Waals surface area (Å²) >= 11 is 0. The number of aromatic nitrogens is 4. The molecule has 0 amide bonds. The minimum Gasteiger partial charge on any atom is -0.290 e. The predicted molar refractivity (Wildman–Crippen MR) is 91.3 cm³/mol. The molecule has 0 aromatic carbocycles. The maximum atomic E-state index is 12.0. The number of nitrogens with one attached hydrogen (secondary N) is 1. The van der Waals surface area contributed by atoms with Crippen LogP contribution >= 0.6 is 0 Å². The van der Waals surface area contributed by atoms with Gasteiger partial charge in [-0.15, -0.1) is 0 Å². The van der Waals surface area contributed by atoms with Crippen LogP contribution in [-0.2, 0) is 22.9 Å². The van der Waals surface area contributed by atoms with Gasteiger partial charge in [0.1, 0.15) is 4.90 Å². The van der Waals surface area contributed by atoms with Gasteiger partial charge in [0.25, 0.3) is 0 Å². The Morgan fingerprint density at radius 2 is 2.17 bits per heavy atom. The third kappa shape index (κ3) is 3.39. The molecule has 3 heterocycles. The van der Waals surface area contributed by atoms with Gasteiger partial charge < -0.3 is 0 Å². The average molecular weight is 351 g/mol. The van der Waals surface area contributed by atoms with Crippen molar-refractivity contribution in [2.24, 2.45) is 0 Å². The van der Waals surface area contributed by atoms with Crippen LogP contribution in [0.1, 0.15) is 49.2 Å². The zero-order valence-electron chi connectivity index (χ0n) is 14.5. The Bertz CT molecular complexity index is 808. The number of likely N-dealkylation sites (tertiary alicyclic amines) is 1. The van der Waals surface area contributed by atoms with Gasteiger partial charge in [-0.25, -0.2) is 8.42 Å². The van der Waals surface area contributed by atoms with Gasteiger partial charge in [-0.3, -0.25) is 14.7 Å². The fourth-order valence-electron chi connectivity index (χ4n) is 3.42. The number of aromatic amines is 1. The molecule has 1 aliphatic heterocycles. The van der Waals surface area contributed by atoms with Crippen molar-refractivity contribution in [3.63, 3.8) is 0 Å². The number of aryl methyl sites for hydroxylation is 2. The van der Waals surface area contributed by atoms with Crippen LogP contribution in [-0.4, -0.2) is 46.1 Å². The van der Waals surface area contributed by atoms with E-state index in [1.807, 2.05) is 11.6 Å². The lowest BCUT2D eigenvalue weighted by atomic mass is 9.98. The number of sulfone groups is 1. The first-order valence-electron chi connectivity index (χ1n) is 8.40. The van der Waals surface area contributed by atoms with Gasteiger partial charge in [-0.1, -0.05) is 6.42 Å². The molecule has 1 saturated heterocycles. The first-order chi connectivity index (χ1) is 11.4. The molecule has 1 N–H and O–H groups in total. The third-order valence-corrected chi connectivity index (χ3v) is 5.85. The van der Waals surface area contributed by atoms with Gasteiger partial charge in [0.15, 0.2) is 9.84 Å². The Labute approximate surface area is 143 Å². The van der Waals surface area contributed by atoms with E-state index in [1.165, 1.54) is 18.0 Å². The van der Waals surface area contributed by atoms with E-state index in [0.29, 0.717) is 4.90 Å². The van der Waals surface area contributed by atoms with Crippen molar-refractivity contribution in [3.8, 4) is 0 Å². The van der Waals surface area contributed by atoms with E-state index in [-0.39, 0.29) is 6.04 Å². The van der Waals surface area contributed by atoms with Crippen LogP contribution < -0.4 is 0 Å². The monoisotopic (exact) mass is 351 g/mol. The van der Waals surface area contributed by atoms with E-state index in [4.69, 9.17) is 0 Å². The summed E-state index contributed by atoms with van der Waals surface area (Å²) in [5.41, 5.74) is 2.95. The normalized spacial score (nSPS) is 19.7. The van der Waals surface area contributed by atoms with Gasteiger partial charge in [0.2, 0.25) is 0 Å². The molecular formula is C16H25N5O2S. The van der Waals surface area contributed by atoms with Gasteiger partial charge in [-0.05, 0) is 33.2 Å². The molecule has 2 aromatic heterocycles.